The lowest BCUT2D eigenvalue weighted by atomic mass is 10.1. The maximum atomic E-state index is 6.01. The summed E-state index contributed by atoms with van der Waals surface area (Å²) in [7, 11) is 0. The minimum absolute atomic E-state index is 0.155. The number of hydrogen-bond donors (Lipinski definition) is 1. The number of hydrogen-bond acceptors (Lipinski definition) is 2. The molecular weight excluding hydrogens is 246 g/mol. The highest BCUT2D eigenvalue weighted by molar-refractivity contribution is 6.30. The summed E-state index contributed by atoms with van der Waals surface area (Å²) in [6.07, 6.45) is 0.155. The molecule has 2 nitrogen and oxygen atoms in total. The molecule has 1 aromatic rings. The smallest absolute Gasteiger partial charge is 0.125 e. The van der Waals surface area contributed by atoms with Gasteiger partial charge in [0.2, 0.25) is 0 Å². The topological polar surface area (TPSA) is 21.3 Å². The molecule has 1 atom stereocenters. The molecule has 0 spiro atoms. The number of benzene rings is 1. The number of nitrogens with one attached hydrogen (secondary N) is 1. The molecule has 0 amide bonds. The van der Waals surface area contributed by atoms with Crippen molar-refractivity contribution in [3.05, 3.63) is 28.3 Å². The van der Waals surface area contributed by atoms with Crippen molar-refractivity contribution in [1.29, 1.82) is 0 Å². The van der Waals surface area contributed by atoms with Crippen LogP contribution >= 0.6 is 11.6 Å². The van der Waals surface area contributed by atoms with E-state index in [1.807, 2.05) is 26.0 Å². The Morgan fingerprint density at radius 3 is 2.17 bits per heavy atom. The van der Waals surface area contributed by atoms with Crippen molar-refractivity contribution in [2.75, 3.05) is 13.1 Å². The predicted molar refractivity (Wildman–Crippen MR) is 78.7 cm³/mol. The lowest BCUT2D eigenvalue weighted by Gasteiger charge is -2.19. The van der Waals surface area contributed by atoms with Gasteiger partial charge in [-0.3, -0.25) is 0 Å². The molecule has 0 radical (unpaired) electrons. The maximum absolute atomic E-state index is 6.01. The molecule has 0 aliphatic carbocycles. The maximum Gasteiger partial charge on any atom is 0.125 e. The second-order valence-electron chi connectivity index (χ2n) is 5.35. The standard InChI is InChI=1S/C15H24ClNO/c1-10(2)8-17-9-13(5)18-15-11(3)6-14(16)7-12(15)4/h6-7,10,13,17H,8-9H2,1-5H3. The molecule has 0 saturated carbocycles. The molecule has 1 N–H and O–H groups in total. The molecule has 18 heavy (non-hydrogen) atoms. The van der Waals surface area contributed by atoms with Crippen LogP contribution in [0.3, 0.4) is 0 Å². The molecule has 102 valence electrons. The Bertz CT molecular complexity index is 367. The number of aryl methyl sites for hydroxylation is 2. The van der Waals surface area contributed by atoms with Gasteiger partial charge in [0, 0.05) is 11.6 Å². The highest BCUT2D eigenvalue weighted by Gasteiger charge is 2.10. The summed E-state index contributed by atoms with van der Waals surface area (Å²) in [5, 5.41) is 4.17. The van der Waals surface area contributed by atoms with Crippen LogP contribution in [-0.4, -0.2) is 19.2 Å². The Labute approximate surface area is 116 Å². The van der Waals surface area contributed by atoms with Gasteiger partial charge in [-0.05, 0) is 56.5 Å². The third kappa shape index (κ3) is 4.87. The van der Waals surface area contributed by atoms with Crippen molar-refractivity contribution in [2.45, 2.75) is 40.7 Å². The van der Waals surface area contributed by atoms with Gasteiger partial charge >= 0.3 is 0 Å². The van der Waals surface area contributed by atoms with Crippen molar-refractivity contribution in [3.8, 4) is 5.75 Å². The molecule has 0 fully saturated rings. The minimum Gasteiger partial charge on any atom is -0.489 e. The van der Waals surface area contributed by atoms with E-state index < -0.39 is 0 Å². The van der Waals surface area contributed by atoms with Gasteiger partial charge in [-0.1, -0.05) is 25.4 Å². The summed E-state index contributed by atoms with van der Waals surface area (Å²) in [6.45, 7) is 12.4. The van der Waals surface area contributed by atoms with E-state index in [2.05, 4.69) is 26.1 Å². The quantitative estimate of drug-likeness (QED) is 0.844. The van der Waals surface area contributed by atoms with Gasteiger partial charge in [0.25, 0.3) is 0 Å². The zero-order valence-electron chi connectivity index (χ0n) is 12.0. The molecule has 0 aliphatic heterocycles. The average Bonchev–Trinajstić information content (AvgIpc) is 2.22. The van der Waals surface area contributed by atoms with Crippen LogP contribution in [0.15, 0.2) is 12.1 Å². The molecule has 0 aromatic heterocycles. The van der Waals surface area contributed by atoms with Crippen LogP contribution in [0.25, 0.3) is 0 Å². The van der Waals surface area contributed by atoms with Crippen molar-refractivity contribution >= 4 is 11.6 Å². The first kappa shape index (κ1) is 15.3. The van der Waals surface area contributed by atoms with Crippen LogP contribution in [0.2, 0.25) is 5.02 Å². The second-order valence-corrected chi connectivity index (χ2v) is 5.79. The van der Waals surface area contributed by atoms with Gasteiger partial charge in [-0.2, -0.15) is 0 Å². The Kier molecular flexibility index (Phi) is 5.97. The zero-order valence-corrected chi connectivity index (χ0v) is 12.8. The van der Waals surface area contributed by atoms with Crippen molar-refractivity contribution in [1.82, 2.24) is 5.32 Å². The van der Waals surface area contributed by atoms with E-state index in [9.17, 15) is 0 Å². The van der Waals surface area contributed by atoms with Gasteiger partial charge in [-0.15, -0.1) is 0 Å². The molecule has 0 aliphatic rings. The van der Waals surface area contributed by atoms with Crippen LogP contribution in [0, 0.1) is 19.8 Å². The van der Waals surface area contributed by atoms with Crippen molar-refractivity contribution in [3.63, 3.8) is 0 Å². The first-order valence-electron chi connectivity index (χ1n) is 6.54. The lowest BCUT2D eigenvalue weighted by molar-refractivity contribution is 0.213. The molecule has 1 unspecified atom stereocenters. The fraction of sp³-hybridized carbons (Fsp3) is 0.600. The van der Waals surface area contributed by atoms with Crippen LogP contribution in [0.4, 0.5) is 0 Å². The molecule has 0 saturated heterocycles. The molecule has 1 aromatic carbocycles. The summed E-state index contributed by atoms with van der Waals surface area (Å²) >= 11 is 6.01. The van der Waals surface area contributed by atoms with Gasteiger partial charge in [0.05, 0.1) is 0 Å². The Morgan fingerprint density at radius 1 is 1.11 bits per heavy atom. The normalized spacial score (nSPS) is 12.8. The summed E-state index contributed by atoms with van der Waals surface area (Å²) in [5.41, 5.74) is 2.19. The van der Waals surface area contributed by atoms with Gasteiger partial charge in [0.1, 0.15) is 11.9 Å². The van der Waals surface area contributed by atoms with Crippen LogP contribution in [0.1, 0.15) is 31.9 Å². The summed E-state index contributed by atoms with van der Waals surface area (Å²) in [4.78, 5) is 0. The van der Waals surface area contributed by atoms with Crippen molar-refractivity contribution < 1.29 is 4.74 Å². The van der Waals surface area contributed by atoms with Crippen molar-refractivity contribution in [2.24, 2.45) is 5.92 Å². The third-order valence-electron chi connectivity index (χ3n) is 2.73. The van der Waals surface area contributed by atoms with E-state index in [-0.39, 0.29) is 6.10 Å². The number of rotatable bonds is 6. The monoisotopic (exact) mass is 269 g/mol. The van der Waals surface area contributed by atoms with E-state index >= 15 is 0 Å². The van der Waals surface area contributed by atoms with Crippen LogP contribution < -0.4 is 10.1 Å². The van der Waals surface area contributed by atoms with E-state index in [1.54, 1.807) is 0 Å². The van der Waals surface area contributed by atoms with E-state index in [4.69, 9.17) is 16.3 Å². The Balaban J connectivity index is 2.56. The largest absolute Gasteiger partial charge is 0.489 e. The highest BCUT2D eigenvalue weighted by atomic mass is 35.5. The second kappa shape index (κ2) is 7.01. The van der Waals surface area contributed by atoms with Gasteiger partial charge in [-0.25, -0.2) is 0 Å². The van der Waals surface area contributed by atoms with Gasteiger partial charge in [0.15, 0.2) is 0 Å². The zero-order chi connectivity index (χ0) is 13.7. The fourth-order valence-corrected chi connectivity index (χ4v) is 2.23. The molecule has 3 heteroatoms. The lowest BCUT2D eigenvalue weighted by Crippen LogP contribution is -2.31. The molecule has 0 heterocycles. The summed E-state index contributed by atoms with van der Waals surface area (Å²) in [5.74, 6) is 1.62. The van der Waals surface area contributed by atoms with E-state index in [0.717, 1.165) is 35.0 Å². The average molecular weight is 270 g/mol. The first-order valence-corrected chi connectivity index (χ1v) is 6.92. The van der Waals surface area contributed by atoms with E-state index in [1.165, 1.54) is 0 Å². The minimum atomic E-state index is 0.155. The third-order valence-corrected chi connectivity index (χ3v) is 2.95. The number of halogens is 1. The SMILES string of the molecule is Cc1cc(Cl)cc(C)c1OC(C)CNCC(C)C. The highest BCUT2D eigenvalue weighted by Crippen LogP contribution is 2.27. The molecule has 1 rings (SSSR count). The molecular formula is C15H24ClNO. The summed E-state index contributed by atoms with van der Waals surface area (Å²) in [6, 6.07) is 3.89. The van der Waals surface area contributed by atoms with Crippen LogP contribution in [0.5, 0.6) is 5.75 Å². The predicted octanol–water partition coefficient (Wildman–Crippen LogP) is 3.97. The van der Waals surface area contributed by atoms with Crippen LogP contribution in [-0.2, 0) is 0 Å². The Morgan fingerprint density at radius 2 is 1.67 bits per heavy atom. The van der Waals surface area contributed by atoms with E-state index in [0.29, 0.717) is 5.92 Å². The first-order chi connectivity index (χ1) is 8.40. The number of ether oxygens (including phenoxy) is 1. The fourth-order valence-electron chi connectivity index (χ4n) is 1.90. The van der Waals surface area contributed by atoms with Gasteiger partial charge < -0.3 is 10.1 Å². The Hall–Kier alpha value is -0.730. The summed E-state index contributed by atoms with van der Waals surface area (Å²) < 4.78 is 5.99. The molecule has 0 bridgehead atoms.